The number of carbonyl (C=O) groups excluding carboxylic acids is 3. The Labute approximate surface area is 178 Å². The summed E-state index contributed by atoms with van der Waals surface area (Å²) in [6, 6.07) is 0. The van der Waals surface area contributed by atoms with Crippen molar-refractivity contribution < 1.29 is 19.1 Å². The number of hydrogen-bond acceptors (Lipinski definition) is 4. The summed E-state index contributed by atoms with van der Waals surface area (Å²) in [4.78, 5) is 38.8. The molecule has 0 heterocycles. The van der Waals surface area contributed by atoms with Gasteiger partial charge in [-0.1, -0.05) is 37.1 Å². The second kappa shape index (κ2) is 6.27. The molecule has 4 atom stereocenters. The van der Waals surface area contributed by atoms with Crippen molar-refractivity contribution in [2.24, 2.45) is 22.2 Å². The van der Waals surface area contributed by atoms with Crippen molar-refractivity contribution in [3.05, 3.63) is 34.4 Å². The van der Waals surface area contributed by atoms with E-state index in [1.807, 2.05) is 19.9 Å². The lowest BCUT2D eigenvalue weighted by Gasteiger charge is -2.51. The van der Waals surface area contributed by atoms with E-state index in [4.69, 9.17) is 4.74 Å². The SMILES string of the molecule is CC(C)OC(=O)[C@@H]1C=C2CC(=O)CCC2(C)C2=C1C1=CC[C@@]3(C)CCC(=O)C13CC2. The van der Waals surface area contributed by atoms with Crippen LogP contribution in [-0.2, 0) is 19.1 Å². The van der Waals surface area contributed by atoms with Gasteiger partial charge in [0.25, 0.3) is 0 Å². The van der Waals surface area contributed by atoms with Crippen molar-refractivity contribution in [3.8, 4) is 0 Å². The largest absolute Gasteiger partial charge is 0.462 e. The second-order valence-corrected chi connectivity index (χ2v) is 10.8. The number of allylic oxidation sites excluding steroid dienone is 4. The van der Waals surface area contributed by atoms with Crippen molar-refractivity contribution in [2.45, 2.75) is 85.2 Å². The first kappa shape index (κ1) is 20.0. The summed E-state index contributed by atoms with van der Waals surface area (Å²) < 4.78 is 5.67. The van der Waals surface area contributed by atoms with Gasteiger partial charge < -0.3 is 4.74 Å². The number of carbonyl (C=O) groups is 3. The zero-order chi connectivity index (χ0) is 21.5. The third-order valence-corrected chi connectivity index (χ3v) is 8.94. The third kappa shape index (κ3) is 2.37. The Morgan fingerprint density at radius 1 is 1.10 bits per heavy atom. The van der Waals surface area contributed by atoms with Gasteiger partial charge >= 0.3 is 5.97 Å². The molecule has 0 aliphatic heterocycles. The molecule has 0 bridgehead atoms. The number of fused-ring (bicyclic) bond motifs is 3. The maximum atomic E-state index is 13.3. The molecule has 0 radical (unpaired) electrons. The first-order valence-corrected chi connectivity index (χ1v) is 11.5. The van der Waals surface area contributed by atoms with Crippen LogP contribution in [0.15, 0.2) is 34.4 Å². The van der Waals surface area contributed by atoms with Gasteiger partial charge in [0.05, 0.1) is 11.5 Å². The monoisotopic (exact) mass is 408 g/mol. The molecule has 0 amide bonds. The number of rotatable bonds is 2. The van der Waals surface area contributed by atoms with Crippen LogP contribution in [0.3, 0.4) is 0 Å². The average molecular weight is 409 g/mol. The first-order chi connectivity index (χ1) is 14.1. The maximum absolute atomic E-state index is 13.3. The quantitative estimate of drug-likeness (QED) is 0.475. The molecular formula is C26H32O4. The third-order valence-electron chi connectivity index (χ3n) is 8.94. The van der Waals surface area contributed by atoms with Crippen LogP contribution in [0.4, 0.5) is 0 Å². The first-order valence-electron chi connectivity index (χ1n) is 11.5. The van der Waals surface area contributed by atoms with Gasteiger partial charge in [-0.05, 0) is 62.5 Å². The molecule has 0 aromatic rings. The Kier molecular flexibility index (Phi) is 4.17. The molecule has 0 saturated heterocycles. The summed E-state index contributed by atoms with van der Waals surface area (Å²) in [5.41, 5.74) is 3.91. The summed E-state index contributed by atoms with van der Waals surface area (Å²) >= 11 is 0. The lowest BCUT2D eigenvalue weighted by Crippen LogP contribution is -2.46. The van der Waals surface area contributed by atoms with Crippen molar-refractivity contribution in [3.63, 3.8) is 0 Å². The van der Waals surface area contributed by atoms with Crippen LogP contribution < -0.4 is 0 Å². The summed E-state index contributed by atoms with van der Waals surface area (Å²) in [6.45, 7) is 8.24. The van der Waals surface area contributed by atoms with Gasteiger partial charge in [0.2, 0.25) is 0 Å². The molecule has 1 spiro atoms. The van der Waals surface area contributed by atoms with Crippen molar-refractivity contribution >= 4 is 17.5 Å². The van der Waals surface area contributed by atoms with Gasteiger partial charge in [-0.25, -0.2) is 0 Å². The molecule has 0 N–H and O–H groups in total. The predicted molar refractivity (Wildman–Crippen MR) is 114 cm³/mol. The predicted octanol–water partition coefficient (Wildman–Crippen LogP) is 5.03. The molecular weight excluding hydrogens is 376 g/mol. The number of esters is 1. The highest BCUT2D eigenvalue weighted by atomic mass is 16.5. The van der Waals surface area contributed by atoms with Crippen LogP contribution in [0, 0.1) is 22.2 Å². The van der Waals surface area contributed by atoms with Gasteiger partial charge in [0.15, 0.2) is 0 Å². The van der Waals surface area contributed by atoms with E-state index in [0.717, 1.165) is 48.8 Å². The Bertz CT molecular complexity index is 964. The molecule has 5 aliphatic rings. The molecule has 2 unspecified atom stereocenters. The van der Waals surface area contributed by atoms with E-state index in [1.165, 1.54) is 5.57 Å². The van der Waals surface area contributed by atoms with Crippen LogP contribution in [0.25, 0.3) is 0 Å². The lowest BCUT2D eigenvalue weighted by atomic mass is 9.51. The minimum Gasteiger partial charge on any atom is -0.462 e. The average Bonchev–Trinajstić information content (AvgIpc) is 3.11. The number of ketones is 2. The van der Waals surface area contributed by atoms with Crippen molar-refractivity contribution in [2.75, 3.05) is 0 Å². The molecule has 4 nitrogen and oxygen atoms in total. The second-order valence-electron chi connectivity index (χ2n) is 10.8. The minimum atomic E-state index is -0.504. The van der Waals surface area contributed by atoms with Crippen LogP contribution >= 0.6 is 0 Å². The van der Waals surface area contributed by atoms with E-state index in [9.17, 15) is 14.4 Å². The van der Waals surface area contributed by atoms with E-state index in [-0.39, 0.29) is 28.7 Å². The summed E-state index contributed by atoms with van der Waals surface area (Å²) in [5, 5.41) is 0. The molecule has 4 heteroatoms. The van der Waals surface area contributed by atoms with E-state index in [2.05, 4.69) is 19.9 Å². The van der Waals surface area contributed by atoms with E-state index in [1.54, 1.807) is 0 Å². The zero-order valence-corrected chi connectivity index (χ0v) is 18.6. The zero-order valence-electron chi connectivity index (χ0n) is 18.6. The normalized spacial score (nSPS) is 39.8. The smallest absolute Gasteiger partial charge is 0.317 e. The van der Waals surface area contributed by atoms with E-state index < -0.39 is 11.3 Å². The Hall–Kier alpha value is -1.97. The van der Waals surface area contributed by atoms with Gasteiger partial charge in [-0.3, -0.25) is 14.4 Å². The topological polar surface area (TPSA) is 60.4 Å². The fourth-order valence-electron chi connectivity index (χ4n) is 7.27. The van der Waals surface area contributed by atoms with Crippen molar-refractivity contribution in [1.29, 1.82) is 0 Å². The van der Waals surface area contributed by atoms with Gasteiger partial charge in [0, 0.05) is 24.7 Å². The van der Waals surface area contributed by atoms with E-state index in [0.29, 0.717) is 25.0 Å². The molecule has 0 aromatic carbocycles. The Balaban J connectivity index is 1.69. The Morgan fingerprint density at radius 3 is 2.60 bits per heavy atom. The van der Waals surface area contributed by atoms with Crippen molar-refractivity contribution in [1.82, 2.24) is 0 Å². The lowest BCUT2D eigenvalue weighted by molar-refractivity contribution is -0.149. The standard InChI is InChI=1S/C26H32O4/c1-15(2)30-23(29)18-14-16-13-17(27)5-11-25(16,4)19-7-12-26-20(22(18)19)6-9-24(26,3)10-8-21(26)28/h6,14-15,18H,5,7-13H2,1-4H3/t18-,24+,25?,26?/m1/s1. The van der Waals surface area contributed by atoms with Gasteiger partial charge in [0.1, 0.15) is 17.5 Å². The molecule has 30 heavy (non-hydrogen) atoms. The maximum Gasteiger partial charge on any atom is 0.317 e. The van der Waals surface area contributed by atoms with Crippen LogP contribution in [0.2, 0.25) is 0 Å². The highest BCUT2D eigenvalue weighted by Gasteiger charge is 2.65. The molecule has 2 saturated carbocycles. The summed E-state index contributed by atoms with van der Waals surface area (Å²) in [5.74, 6) is -0.141. The summed E-state index contributed by atoms with van der Waals surface area (Å²) in [6.07, 6.45) is 10.1. The Morgan fingerprint density at radius 2 is 1.87 bits per heavy atom. The summed E-state index contributed by atoms with van der Waals surface area (Å²) in [7, 11) is 0. The molecule has 5 aliphatic carbocycles. The highest BCUT2D eigenvalue weighted by Crippen LogP contribution is 2.70. The highest BCUT2D eigenvalue weighted by molar-refractivity contribution is 5.96. The van der Waals surface area contributed by atoms with Crippen LogP contribution in [0.1, 0.15) is 79.1 Å². The van der Waals surface area contributed by atoms with Gasteiger partial charge in [-0.2, -0.15) is 0 Å². The number of ether oxygens (including phenoxy) is 1. The van der Waals surface area contributed by atoms with Crippen LogP contribution in [0.5, 0.6) is 0 Å². The van der Waals surface area contributed by atoms with Crippen LogP contribution in [-0.4, -0.2) is 23.6 Å². The van der Waals surface area contributed by atoms with E-state index >= 15 is 0 Å². The minimum absolute atomic E-state index is 0.0299. The molecule has 5 rings (SSSR count). The number of hydrogen-bond donors (Lipinski definition) is 0. The number of Topliss-reactive ketones (excluding diaryl/α,β-unsaturated/α-hetero) is 2. The van der Waals surface area contributed by atoms with Gasteiger partial charge in [-0.15, -0.1) is 0 Å². The molecule has 160 valence electrons. The molecule has 2 fully saturated rings. The fourth-order valence-corrected chi connectivity index (χ4v) is 7.27. The molecule has 0 aromatic heterocycles. The fraction of sp³-hybridized carbons (Fsp3) is 0.654.